The molecule has 1 unspecified atom stereocenters. The summed E-state index contributed by atoms with van der Waals surface area (Å²) in [5.41, 5.74) is 3.22. The number of rotatable bonds is 9. The number of unbranched alkanes of at least 4 members (excludes halogenated alkanes) is 1. The van der Waals surface area contributed by atoms with Crippen molar-refractivity contribution in [2.75, 3.05) is 6.54 Å². The Morgan fingerprint density at radius 3 is 2.43 bits per heavy atom. The van der Waals surface area contributed by atoms with Gasteiger partial charge in [-0.15, -0.1) is 0 Å². The van der Waals surface area contributed by atoms with Crippen LogP contribution < -0.4 is 5.56 Å². The normalized spacial score (nSPS) is 12.1. The third-order valence-electron chi connectivity index (χ3n) is 6.35. The first-order valence-electron chi connectivity index (χ1n) is 12.2. The Bertz CT molecular complexity index is 1360. The van der Waals surface area contributed by atoms with Crippen LogP contribution in [0.2, 0.25) is 0 Å². The van der Waals surface area contributed by atoms with Crippen molar-refractivity contribution in [3.8, 4) is 0 Å². The summed E-state index contributed by atoms with van der Waals surface area (Å²) in [6.07, 6.45) is 2.39. The molecule has 35 heavy (non-hydrogen) atoms. The zero-order chi connectivity index (χ0) is 24.9. The summed E-state index contributed by atoms with van der Waals surface area (Å²) in [5.74, 6) is 0.446. The Hall–Kier alpha value is -3.74. The molecule has 2 heterocycles. The number of hydrogen-bond donors (Lipinski definition) is 0. The zero-order valence-corrected chi connectivity index (χ0v) is 20.8. The van der Waals surface area contributed by atoms with E-state index in [-0.39, 0.29) is 17.2 Å². The standard InChI is InChI=1S/C28H32N4O3/c1-5-7-17-31(27(33)22-15-13-19(3)14-16-22)23(6-2)25-29-26-24(20(4)30-35-26)28(34)32(25)18-21-11-9-8-10-12-21/h8-16,23H,5-7,17-18H2,1-4H3. The Morgan fingerprint density at radius 2 is 1.77 bits per heavy atom. The van der Waals surface area contributed by atoms with Crippen LogP contribution in [-0.2, 0) is 6.54 Å². The molecule has 1 amide bonds. The van der Waals surface area contributed by atoms with Gasteiger partial charge in [-0.05, 0) is 44.4 Å². The predicted molar refractivity (Wildman–Crippen MR) is 137 cm³/mol. The highest BCUT2D eigenvalue weighted by atomic mass is 16.5. The summed E-state index contributed by atoms with van der Waals surface area (Å²) in [7, 11) is 0. The van der Waals surface area contributed by atoms with Gasteiger partial charge < -0.3 is 9.42 Å². The van der Waals surface area contributed by atoms with Crippen LogP contribution in [0.4, 0.5) is 0 Å². The van der Waals surface area contributed by atoms with Gasteiger partial charge in [-0.2, -0.15) is 4.98 Å². The number of benzene rings is 2. The van der Waals surface area contributed by atoms with Crippen molar-refractivity contribution in [3.05, 3.63) is 93.2 Å². The Kier molecular flexibility index (Phi) is 7.44. The summed E-state index contributed by atoms with van der Waals surface area (Å²) < 4.78 is 7.09. The molecule has 0 radical (unpaired) electrons. The Balaban J connectivity index is 1.86. The number of fused-ring (bicyclic) bond motifs is 1. The van der Waals surface area contributed by atoms with E-state index in [2.05, 4.69) is 12.1 Å². The molecule has 0 spiro atoms. The largest absolute Gasteiger partial charge is 0.335 e. The average molecular weight is 473 g/mol. The van der Waals surface area contributed by atoms with Gasteiger partial charge in [-0.25, -0.2) is 0 Å². The maximum absolute atomic E-state index is 13.7. The number of aromatic nitrogens is 3. The van der Waals surface area contributed by atoms with Gasteiger partial charge in [0.25, 0.3) is 17.2 Å². The zero-order valence-electron chi connectivity index (χ0n) is 20.8. The molecule has 182 valence electrons. The molecule has 0 aliphatic rings. The molecule has 2 aromatic heterocycles. The van der Waals surface area contributed by atoms with Crippen molar-refractivity contribution in [2.45, 2.75) is 59.5 Å². The second-order valence-corrected chi connectivity index (χ2v) is 8.94. The highest BCUT2D eigenvalue weighted by Crippen LogP contribution is 2.27. The van der Waals surface area contributed by atoms with E-state index < -0.39 is 6.04 Å². The highest BCUT2D eigenvalue weighted by molar-refractivity contribution is 5.94. The molecule has 0 aliphatic heterocycles. The highest BCUT2D eigenvalue weighted by Gasteiger charge is 2.30. The minimum atomic E-state index is -0.401. The molecule has 7 nitrogen and oxygen atoms in total. The maximum Gasteiger partial charge on any atom is 0.267 e. The fourth-order valence-electron chi connectivity index (χ4n) is 4.39. The molecule has 4 aromatic rings. The van der Waals surface area contributed by atoms with E-state index in [4.69, 9.17) is 9.51 Å². The molecule has 4 rings (SSSR count). The second kappa shape index (κ2) is 10.7. The van der Waals surface area contributed by atoms with E-state index in [9.17, 15) is 9.59 Å². The van der Waals surface area contributed by atoms with Crippen molar-refractivity contribution in [1.82, 2.24) is 19.6 Å². The van der Waals surface area contributed by atoms with Gasteiger partial charge in [-0.1, -0.05) is 73.5 Å². The minimum Gasteiger partial charge on any atom is -0.335 e. The number of nitrogens with zero attached hydrogens (tertiary/aromatic N) is 4. The third kappa shape index (κ3) is 5.04. The SMILES string of the molecule is CCCCN(C(=O)c1ccc(C)cc1)C(CC)c1nc2onc(C)c2c(=O)n1Cc1ccccc1. The Labute approximate surface area is 205 Å². The van der Waals surface area contributed by atoms with Gasteiger partial charge in [0.15, 0.2) is 0 Å². The molecular formula is C28H32N4O3. The molecule has 0 bridgehead atoms. The maximum atomic E-state index is 13.7. The van der Waals surface area contributed by atoms with Crippen molar-refractivity contribution in [2.24, 2.45) is 0 Å². The number of amides is 1. The van der Waals surface area contributed by atoms with E-state index in [1.165, 1.54) is 0 Å². The lowest BCUT2D eigenvalue weighted by molar-refractivity contribution is 0.0653. The lowest BCUT2D eigenvalue weighted by Crippen LogP contribution is -2.39. The number of carbonyl (C=O) groups is 1. The van der Waals surface area contributed by atoms with Crippen LogP contribution in [0.15, 0.2) is 63.9 Å². The van der Waals surface area contributed by atoms with E-state index in [0.717, 1.165) is 24.0 Å². The molecule has 0 N–H and O–H groups in total. The second-order valence-electron chi connectivity index (χ2n) is 8.94. The van der Waals surface area contributed by atoms with Gasteiger partial charge in [0.1, 0.15) is 11.2 Å². The first kappa shape index (κ1) is 24.4. The van der Waals surface area contributed by atoms with Crippen LogP contribution >= 0.6 is 0 Å². The monoisotopic (exact) mass is 472 g/mol. The molecule has 7 heteroatoms. The van der Waals surface area contributed by atoms with Crippen LogP contribution in [0.3, 0.4) is 0 Å². The summed E-state index contributed by atoms with van der Waals surface area (Å²) in [6.45, 7) is 8.77. The summed E-state index contributed by atoms with van der Waals surface area (Å²) in [5, 5.41) is 4.36. The third-order valence-corrected chi connectivity index (χ3v) is 6.35. The lowest BCUT2D eigenvalue weighted by Gasteiger charge is -2.32. The number of aryl methyl sites for hydroxylation is 2. The van der Waals surface area contributed by atoms with Gasteiger partial charge in [0.05, 0.1) is 18.3 Å². The first-order chi connectivity index (χ1) is 16.9. The number of carbonyl (C=O) groups excluding carboxylic acids is 1. The molecular weight excluding hydrogens is 440 g/mol. The molecule has 0 saturated carbocycles. The van der Waals surface area contributed by atoms with Crippen molar-refractivity contribution in [1.29, 1.82) is 0 Å². The predicted octanol–water partition coefficient (Wildman–Crippen LogP) is 5.44. The van der Waals surface area contributed by atoms with Gasteiger partial charge in [0, 0.05) is 12.1 Å². The van der Waals surface area contributed by atoms with E-state index in [0.29, 0.717) is 42.0 Å². The fourth-order valence-corrected chi connectivity index (χ4v) is 4.39. The van der Waals surface area contributed by atoms with Crippen LogP contribution in [0.1, 0.15) is 72.2 Å². The van der Waals surface area contributed by atoms with E-state index in [1.54, 1.807) is 11.5 Å². The molecule has 2 aromatic carbocycles. The summed E-state index contributed by atoms with van der Waals surface area (Å²) in [6, 6.07) is 17.0. The fraction of sp³-hybridized carbons (Fsp3) is 0.357. The molecule has 0 fully saturated rings. The topological polar surface area (TPSA) is 81.2 Å². The summed E-state index contributed by atoms with van der Waals surface area (Å²) in [4.78, 5) is 34.1. The smallest absolute Gasteiger partial charge is 0.267 e. The quantitative estimate of drug-likeness (QED) is 0.324. The Morgan fingerprint density at radius 1 is 1.06 bits per heavy atom. The molecule has 0 saturated heterocycles. The van der Waals surface area contributed by atoms with Crippen LogP contribution in [0.5, 0.6) is 0 Å². The minimum absolute atomic E-state index is 0.0698. The first-order valence-corrected chi connectivity index (χ1v) is 12.2. The molecule has 1 atom stereocenters. The van der Waals surface area contributed by atoms with Crippen LogP contribution in [0.25, 0.3) is 11.1 Å². The average Bonchev–Trinajstić information content (AvgIpc) is 3.25. The van der Waals surface area contributed by atoms with Crippen molar-refractivity contribution < 1.29 is 9.32 Å². The van der Waals surface area contributed by atoms with Crippen molar-refractivity contribution >= 4 is 17.0 Å². The van der Waals surface area contributed by atoms with Crippen LogP contribution in [0, 0.1) is 13.8 Å². The van der Waals surface area contributed by atoms with Gasteiger partial charge in [-0.3, -0.25) is 14.2 Å². The summed E-state index contributed by atoms with van der Waals surface area (Å²) >= 11 is 0. The lowest BCUT2D eigenvalue weighted by atomic mass is 10.1. The van der Waals surface area contributed by atoms with Gasteiger partial charge >= 0.3 is 0 Å². The van der Waals surface area contributed by atoms with E-state index in [1.807, 2.05) is 73.3 Å². The number of hydrogen-bond acceptors (Lipinski definition) is 5. The molecule has 0 aliphatic carbocycles. The van der Waals surface area contributed by atoms with E-state index >= 15 is 0 Å². The van der Waals surface area contributed by atoms with Crippen molar-refractivity contribution in [3.63, 3.8) is 0 Å². The van der Waals surface area contributed by atoms with Gasteiger partial charge in [0.2, 0.25) is 0 Å². The van der Waals surface area contributed by atoms with Crippen LogP contribution in [-0.4, -0.2) is 32.1 Å².